The Bertz CT molecular complexity index is 598. The summed E-state index contributed by atoms with van der Waals surface area (Å²) in [5, 5.41) is 9.05. The Morgan fingerprint density at radius 1 is 1.53 bits per heavy atom. The lowest BCUT2D eigenvalue weighted by Gasteiger charge is -2.03. The number of aromatic carboxylic acids is 1. The minimum Gasteiger partial charge on any atom is -0.493 e. The summed E-state index contributed by atoms with van der Waals surface area (Å²) in [5.74, 6) is 0.312. The average molecular weight is 233 g/mol. The van der Waals surface area contributed by atoms with Crippen molar-refractivity contribution in [1.82, 2.24) is 4.98 Å². The molecule has 0 spiro atoms. The number of ether oxygens (including phenoxy) is 1. The molecule has 17 heavy (non-hydrogen) atoms. The summed E-state index contributed by atoms with van der Waals surface area (Å²) in [4.78, 5) is 15.4. The Labute approximate surface area is 97.0 Å². The summed E-state index contributed by atoms with van der Waals surface area (Å²) < 4.78 is 10.7. The number of benzene rings is 1. The second kappa shape index (κ2) is 3.48. The van der Waals surface area contributed by atoms with Crippen LogP contribution in [0.4, 0.5) is 0 Å². The van der Waals surface area contributed by atoms with Crippen LogP contribution in [0.5, 0.6) is 5.75 Å². The number of hydrogen-bond donors (Lipinski definition) is 1. The molecule has 0 atom stereocenters. The fourth-order valence-corrected chi connectivity index (χ4v) is 1.87. The van der Waals surface area contributed by atoms with Gasteiger partial charge in [0.1, 0.15) is 5.56 Å². The second-order valence-electron chi connectivity index (χ2n) is 4.12. The molecule has 1 heterocycles. The van der Waals surface area contributed by atoms with Crippen molar-refractivity contribution < 1.29 is 19.1 Å². The molecule has 2 aromatic rings. The van der Waals surface area contributed by atoms with E-state index in [2.05, 4.69) is 4.98 Å². The molecule has 3 rings (SSSR count). The first kappa shape index (κ1) is 10.1. The maximum Gasteiger partial charge on any atom is 0.339 e. The van der Waals surface area contributed by atoms with Crippen LogP contribution in [0.25, 0.3) is 11.1 Å². The maximum atomic E-state index is 11.0. The fraction of sp³-hybridized carbons (Fsp3) is 0.333. The van der Waals surface area contributed by atoms with Crippen molar-refractivity contribution >= 4 is 17.1 Å². The van der Waals surface area contributed by atoms with Crippen LogP contribution >= 0.6 is 0 Å². The van der Waals surface area contributed by atoms with Gasteiger partial charge in [-0.15, -0.1) is 0 Å². The molecule has 0 unspecified atom stereocenters. The third-order valence-electron chi connectivity index (χ3n) is 2.89. The van der Waals surface area contributed by atoms with E-state index in [1.54, 1.807) is 6.07 Å². The number of fused-ring (bicyclic) bond motifs is 1. The lowest BCUT2D eigenvalue weighted by Crippen LogP contribution is -2.00. The molecule has 0 amide bonds. The van der Waals surface area contributed by atoms with E-state index in [1.807, 2.05) is 0 Å². The van der Waals surface area contributed by atoms with E-state index in [4.69, 9.17) is 14.3 Å². The number of oxazole rings is 1. The Morgan fingerprint density at radius 3 is 2.88 bits per heavy atom. The van der Waals surface area contributed by atoms with Gasteiger partial charge in [0.15, 0.2) is 22.7 Å². The molecule has 0 saturated heterocycles. The minimum absolute atomic E-state index is 0.107. The number of carboxylic acid groups (broad SMARTS) is 1. The maximum absolute atomic E-state index is 11.0. The van der Waals surface area contributed by atoms with E-state index in [0.29, 0.717) is 22.9 Å². The van der Waals surface area contributed by atoms with Crippen LogP contribution in [-0.4, -0.2) is 23.2 Å². The lowest BCUT2D eigenvalue weighted by atomic mass is 10.2. The fourth-order valence-electron chi connectivity index (χ4n) is 1.87. The Hall–Kier alpha value is -2.04. The molecule has 0 radical (unpaired) electrons. The highest BCUT2D eigenvalue weighted by atomic mass is 16.5. The van der Waals surface area contributed by atoms with Gasteiger partial charge in [0.05, 0.1) is 7.11 Å². The van der Waals surface area contributed by atoms with Gasteiger partial charge in [-0.1, -0.05) is 0 Å². The average Bonchev–Trinajstić information content (AvgIpc) is 3.07. The predicted molar refractivity (Wildman–Crippen MR) is 59.5 cm³/mol. The molecule has 1 aromatic carbocycles. The van der Waals surface area contributed by atoms with Crippen molar-refractivity contribution in [2.24, 2.45) is 0 Å². The van der Waals surface area contributed by atoms with Crippen LogP contribution in [0.1, 0.15) is 35.0 Å². The number of aromatic nitrogens is 1. The van der Waals surface area contributed by atoms with Gasteiger partial charge in [-0.3, -0.25) is 0 Å². The zero-order chi connectivity index (χ0) is 12.0. The lowest BCUT2D eigenvalue weighted by molar-refractivity contribution is 0.0693. The first-order valence-electron chi connectivity index (χ1n) is 5.41. The van der Waals surface area contributed by atoms with Crippen LogP contribution in [0.2, 0.25) is 0 Å². The van der Waals surface area contributed by atoms with Gasteiger partial charge in [0.2, 0.25) is 0 Å². The molecule has 1 aromatic heterocycles. The molecule has 0 bridgehead atoms. The highest BCUT2D eigenvalue weighted by molar-refractivity contribution is 5.97. The van der Waals surface area contributed by atoms with Crippen LogP contribution in [-0.2, 0) is 0 Å². The van der Waals surface area contributed by atoms with Gasteiger partial charge in [0, 0.05) is 5.92 Å². The summed E-state index contributed by atoms with van der Waals surface area (Å²) in [5.41, 5.74) is 1.18. The van der Waals surface area contributed by atoms with E-state index in [9.17, 15) is 4.79 Å². The van der Waals surface area contributed by atoms with Crippen molar-refractivity contribution in [1.29, 1.82) is 0 Å². The molecular formula is C12H11NO4. The topological polar surface area (TPSA) is 72.6 Å². The molecule has 1 aliphatic carbocycles. The van der Waals surface area contributed by atoms with Crippen molar-refractivity contribution in [3.8, 4) is 5.75 Å². The Balaban J connectivity index is 2.23. The monoisotopic (exact) mass is 233 g/mol. The molecular weight excluding hydrogens is 222 g/mol. The van der Waals surface area contributed by atoms with E-state index < -0.39 is 5.97 Å². The van der Waals surface area contributed by atoms with Crippen LogP contribution in [0.15, 0.2) is 16.5 Å². The Morgan fingerprint density at radius 2 is 2.29 bits per heavy atom. The van der Waals surface area contributed by atoms with Gasteiger partial charge in [-0.05, 0) is 25.0 Å². The largest absolute Gasteiger partial charge is 0.493 e. The third kappa shape index (κ3) is 1.54. The SMILES string of the molecule is COc1c(C(=O)O)ccc2oc(C3CC3)nc12. The van der Waals surface area contributed by atoms with E-state index >= 15 is 0 Å². The van der Waals surface area contributed by atoms with Crippen LogP contribution in [0, 0.1) is 0 Å². The smallest absolute Gasteiger partial charge is 0.339 e. The molecule has 5 heteroatoms. The highest BCUT2D eigenvalue weighted by Crippen LogP contribution is 2.42. The molecule has 88 valence electrons. The standard InChI is InChI=1S/C12H11NO4/c1-16-10-7(12(14)15)4-5-8-9(10)13-11(17-8)6-2-3-6/h4-6H,2-3H2,1H3,(H,14,15). The number of methoxy groups -OCH3 is 1. The summed E-state index contributed by atoms with van der Waals surface area (Å²) in [7, 11) is 1.44. The number of hydrogen-bond acceptors (Lipinski definition) is 4. The molecule has 5 nitrogen and oxygen atoms in total. The number of carboxylic acids is 1. The van der Waals surface area contributed by atoms with Crippen LogP contribution in [0.3, 0.4) is 0 Å². The first-order valence-corrected chi connectivity index (χ1v) is 5.41. The third-order valence-corrected chi connectivity index (χ3v) is 2.89. The molecule has 1 fully saturated rings. The summed E-state index contributed by atoms with van der Waals surface area (Å²) in [6.45, 7) is 0. The van der Waals surface area contributed by atoms with E-state index in [1.165, 1.54) is 13.2 Å². The van der Waals surface area contributed by atoms with E-state index in [0.717, 1.165) is 12.8 Å². The normalized spacial score (nSPS) is 15.1. The summed E-state index contributed by atoms with van der Waals surface area (Å²) in [6, 6.07) is 3.10. The first-order chi connectivity index (χ1) is 8.20. The van der Waals surface area contributed by atoms with Gasteiger partial charge in [-0.2, -0.15) is 0 Å². The van der Waals surface area contributed by atoms with Crippen molar-refractivity contribution in [2.45, 2.75) is 18.8 Å². The second-order valence-corrected chi connectivity index (χ2v) is 4.12. The molecule has 1 saturated carbocycles. The van der Waals surface area contributed by atoms with Gasteiger partial charge in [-0.25, -0.2) is 9.78 Å². The molecule has 1 N–H and O–H groups in total. The van der Waals surface area contributed by atoms with Crippen molar-refractivity contribution in [2.75, 3.05) is 7.11 Å². The minimum atomic E-state index is -1.03. The number of rotatable bonds is 3. The summed E-state index contributed by atoms with van der Waals surface area (Å²) in [6.07, 6.45) is 2.17. The zero-order valence-corrected chi connectivity index (χ0v) is 9.27. The molecule has 1 aliphatic rings. The van der Waals surface area contributed by atoms with Crippen molar-refractivity contribution in [3.05, 3.63) is 23.6 Å². The highest BCUT2D eigenvalue weighted by Gasteiger charge is 2.30. The van der Waals surface area contributed by atoms with Crippen LogP contribution < -0.4 is 4.74 Å². The van der Waals surface area contributed by atoms with Crippen molar-refractivity contribution in [3.63, 3.8) is 0 Å². The van der Waals surface area contributed by atoms with E-state index in [-0.39, 0.29) is 11.3 Å². The number of carbonyl (C=O) groups is 1. The predicted octanol–water partition coefficient (Wildman–Crippen LogP) is 2.41. The summed E-state index contributed by atoms with van der Waals surface area (Å²) >= 11 is 0. The zero-order valence-electron chi connectivity index (χ0n) is 9.27. The van der Waals surface area contributed by atoms with Gasteiger partial charge in [0.25, 0.3) is 0 Å². The Kier molecular flexibility index (Phi) is 2.07. The van der Waals surface area contributed by atoms with Gasteiger partial charge < -0.3 is 14.3 Å². The molecule has 0 aliphatic heterocycles. The quantitative estimate of drug-likeness (QED) is 0.881. The van der Waals surface area contributed by atoms with Gasteiger partial charge >= 0.3 is 5.97 Å². The number of nitrogens with zero attached hydrogens (tertiary/aromatic N) is 1.